The van der Waals surface area contributed by atoms with Gasteiger partial charge in [-0.2, -0.15) is 5.10 Å². The summed E-state index contributed by atoms with van der Waals surface area (Å²) in [7, 11) is 0. The van der Waals surface area contributed by atoms with E-state index in [0.717, 1.165) is 16.8 Å². The Kier molecular flexibility index (Phi) is 3.96. The third-order valence-electron chi connectivity index (χ3n) is 4.93. The van der Waals surface area contributed by atoms with Gasteiger partial charge in [-0.3, -0.25) is 9.36 Å². The van der Waals surface area contributed by atoms with Crippen molar-refractivity contribution in [2.24, 2.45) is 0 Å². The van der Waals surface area contributed by atoms with E-state index in [1.807, 2.05) is 37.3 Å². The van der Waals surface area contributed by atoms with Crippen LogP contribution in [0.15, 0.2) is 71.8 Å². The van der Waals surface area contributed by atoms with Crippen molar-refractivity contribution < 1.29 is 4.39 Å². The van der Waals surface area contributed by atoms with E-state index in [2.05, 4.69) is 10.1 Å². The van der Waals surface area contributed by atoms with Crippen molar-refractivity contribution in [1.29, 1.82) is 0 Å². The molecule has 5 rings (SSSR count). The van der Waals surface area contributed by atoms with Gasteiger partial charge >= 0.3 is 0 Å². The molecule has 0 aliphatic rings. The number of aromatic nitrogens is 4. The van der Waals surface area contributed by atoms with E-state index in [9.17, 15) is 9.18 Å². The molecule has 7 heteroatoms. The molecule has 0 saturated heterocycles. The van der Waals surface area contributed by atoms with Gasteiger partial charge in [-0.25, -0.2) is 13.9 Å². The van der Waals surface area contributed by atoms with Crippen LogP contribution >= 0.6 is 11.6 Å². The summed E-state index contributed by atoms with van der Waals surface area (Å²) in [6.07, 6.45) is 3.19. The summed E-state index contributed by atoms with van der Waals surface area (Å²) in [5, 5.41) is 4.98. The van der Waals surface area contributed by atoms with Gasteiger partial charge in [0.05, 0.1) is 27.3 Å². The Morgan fingerprint density at radius 2 is 1.86 bits per heavy atom. The molecule has 0 aliphatic heterocycles. The van der Waals surface area contributed by atoms with E-state index in [1.54, 1.807) is 23.0 Å². The molecule has 142 valence electrons. The van der Waals surface area contributed by atoms with Crippen molar-refractivity contribution in [3.63, 3.8) is 0 Å². The van der Waals surface area contributed by atoms with Gasteiger partial charge in [0.2, 0.25) is 0 Å². The van der Waals surface area contributed by atoms with E-state index in [1.165, 1.54) is 22.8 Å². The maximum atomic E-state index is 13.5. The van der Waals surface area contributed by atoms with E-state index in [4.69, 9.17) is 11.6 Å². The number of hydrogen-bond donors (Lipinski definition) is 0. The van der Waals surface area contributed by atoms with Crippen LogP contribution in [0.3, 0.4) is 0 Å². The highest BCUT2D eigenvalue weighted by atomic mass is 35.5. The quantitative estimate of drug-likeness (QED) is 0.424. The van der Waals surface area contributed by atoms with Crippen LogP contribution in [0.4, 0.5) is 4.39 Å². The van der Waals surface area contributed by atoms with Crippen LogP contribution in [0.1, 0.15) is 5.69 Å². The van der Waals surface area contributed by atoms with Gasteiger partial charge in [-0.1, -0.05) is 41.9 Å². The summed E-state index contributed by atoms with van der Waals surface area (Å²) in [5.41, 5.74) is 4.30. The fourth-order valence-electron chi connectivity index (χ4n) is 3.56. The van der Waals surface area contributed by atoms with Crippen LogP contribution in [0, 0.1) is 12.7 Å². The van der Waals surface area contributed by atoms with Crippen molar-refractivity contribution in [2.75, 3.05) is 0 Å². The smallest absolute Gasteiger partial charge is 0.266 e. The first kappa shape index (κ1) is 17.6. The number of halogens is 2. The van der Waals surface area contributed by atoms with E-state index < -0.39 is 5.82 Å². The summed E-state index contributed by atoms with van der Waals surface area (Å²) in [5.74, 6) is -0.534. The molecule has 3 heterocycles. The van der Waals surface area contributed by atoms with Crippen molar-refractivity contribution >= 4 is 28.2 Å². The lowest BCUT2D eigenvalue weighted by molar-refractivity contribution is 0.627. The molecule has 0 aliphatic carbocycles. The van der Waals surface area contributed by atoms with Crippen LogP contribution in [-0.2, 0) is 0 Å². The molecule has 3 aromatic heterocycles. The van der Waals surface area contributed by atoms with Crippen molar-refractivity contribution in [3.05, 3.63) is 93.9 Å². The van der Waals surface area contributed by atoms with Crippen molar-refractivity contribution in [1.82, 2.24) is 19.2 Å². The van der Waals surface area contributed by atoms with E-state index in [0.29, 0.717) is 22.2 Å². The van der Waals surface area contributed by atoms with Gasteiger partial charge in [0.25, 0.3) is 5.56 Å². The molecule has 2 aromatic carbocycles. The molecule has 0 unspecified atom stereocenters. The molecule has 0 bridgehead atoms. The van der Waals surface area contributed by atoms with Gasteiger partial charge in [-0.05, 0) is 36.8 Å². The van der Waals surface area contributed by atoms with Gasteiger partial charge in [0, 0.05) is 18.0 Å². The van der Waals surface area contributed by atoms with Crippen LogP contribution < -0.4 is 5.56 Å². The number of nitrogens with zero attached hydrogens (tertiary/aromatic N) is 4. The highest BCUT2D eigenvalue weighted by Crippen LogP contribution is 2.28. The molecule has 0 fully saturated rings. The zero-order valence-electron chi connectivity index (χ0n) is 15.3. The standard InChI is InChI=1S/C22H14ClFN4O/c1-13-20(14-5-3-2-4-6-14)21-25-12-16-19(28(21)26-13)9-10-27(22(16)29)15-7-8-18(24)17(23)11-15/h2-12H,1H3. The first-order valence-corrected chi connectivity index (χ1v) is 9.33. The largest absolute Gasteiger partial charge is 0.284 e. The molecular weight excluding hydrogens is 391 g/mol. The molecular formula is C22H14ClFN4O. The van der Waals surface area contributed by atoms with E-state index in [-0.39, 0.29) is 10.6 Å². The summed E-state index contributed by atoms with van der Waals surface area (Å²) in [6.45, 7) is 1.92. The Labute approximate surface area is 169 Å². The Morgan fingerprint density at radius 3 is 2.62 bits per heavy atom. The topological polar surface area (TPSA) is 52.2 Å². The minimum atomic E-state index is -0.534. The zero-order valence-corrected chi connectivity index (χ0v) is 16.1. The van der Waals surface area contributed by atoms with E-state index >= 15 is 0 Å². The van der Waals surface area contributed by atoms with Gasteiger partial charge in [0.15, 0.2) is 5.65 Å². The Morgan fingerprint density at radius 1 is 1.07 bits per heavy atom. The monoisotopic (exact) mass is 404 g/mol. The predicted octanol–water partition coefficient (Wildman–Crippen LogP) is 4.80. The lowest BCUT2D eigenvalue weighted by Crippen LogP contribution is -2.19. The number of rotatable bonds is 2. The molecule has 0 N–H and O–H groups in total. The third-order valence-corrected chi connectivity index (χ3v) is 5.22. The maximum Gasteiger partial charge on any atom is 0.266 e. The van der Waals surface area contributed by atoms with Crippen LogP contribution in [0.25, 0.3) is 33.4 Å². The number of benzene rings is 2. The molecule has 0 amide bonds. The second-order valence-electron chi connectivity index (χ2n) is 6.71. The molecule has 29 heavy (non-hydrogen) atoms. The Hall–Kier alpha value is -3.51. The zero-order chi connectivity index (χ0) is 20.1. The summed E-state index contributed by atoms with van der Waals surface area (Å²) >= 11 is 5.87. The lowest BCUT2D eigenvalue weighted by atomic mass is 10.1. The number of pyridine rings is 1. The first-order chi connectivity index (χ1) is 14.0. The second-order valence-corrected chi connectivity index (χ2v) is 7.12. The minimum absolute atomic E-state index is 0.0433. The average Bonchev–Trinajstić information content (AvgIpc) is 3.07. The van der Waals surface area contributed by atoms with Crippen LogP contribution in [0.2, 0.25) is 5.02 Å². The van der Waals surface area contributed by atoms with Crippen LogP contribution in [0.5, 0.6) is 0 Å². The predicted molar refractivity (Wildman–Crippen MR) is 111 cm³/mol. The first-order valence-electron chi connectivity index (χ1n) is 8.95. The number of aryl methyl sites for hydroxylation is 1. The van der Waals surface area contributed by atoms with Crippen molar-refractivity contribution in [2.45, 2.75) is 6.92 Å². The van der Waals surface area contributed by atoms with Gasteiger partial charge in [0.1, 0.15) is 5.82 Å². The minimum Gasteiger partial charge on any atom is -0.284 e. The van der Waals surface area contributed by atoms with Crippen molar-refractivity contribution in [3.8, 4) is 16.8 Å². The molecule has 5 nitrogen and oxygen atoms in total. The molecule has 0 saturated carbocycles. The Balaban J connectivity index is 1.76. The average molecular weight is 405 g/mol. The second kappa shape index (κ2) is 6.53. The third kappa shape index (κ3) is 2.72. The fraction of sp³-hybridized carbons (Fsp3) is 0.0455. The highest BCUT2D eigenvalue weighted by Gasteiger charge is 2.16. The lowest BCUT2D eigenvalue weighted by Gasteiger charge is -2.09. The highest BCUT2D eigenvalue weighted by molar-refractivity contribution is 6.30. The van der Waals surface area contributed by atoms with Crippen LogP contribution in [-0.4, -0.2) is 19.2 Å². The molecule has 0 spiro atoms. The summed E-state index contributed by atoms with van der Waals surface area (Å²) < 4.78 is 16.6. The molecule has 5 aromatic rings. The number of hydrogen-bond acceptors (Lipinski definition) is 3. The number of fused-ring (bicyclic) bond motifs is 3. The SMILES string of the molecule is Cc1nn2c(ncc3c(=O)n(-c4ccc(F)c(Cl)c4)ccc32)c1-c1ccccc1. The maximum absolute atomic E-state index is 13.5. The normalized spacial score (nSPS) is 11.4. The molecule has 0 radical (unpaired) electrons. The summed E-state index contributed by atoms with van der Waals surface area (Å²) in [4.78, 5) is 17.6. The van der Waals surface area contributed by atoms with Gasteiger partial charge in [-0.15, -0.1) is 0 Å². The Bertz CT molecular complexity index is 1460. The fourth-order valence-corrected chi connectivity index (χ4v) is 3.73. The van der Waals surface area contributed by atoms with Gasteiger partial charge < -0.3 is 0 Å². The molecule has 0 atom stereocenters. The summed E-state index contributed by atoms with van der Waals surface area (Å²) in [6, 6.07) is 15.9.